The number of amides is 1. The highest BCUT2D eigenvalue weighted by Gasteiger charge is 2.51. The van der Waals surface area contributed by atoms with Crippen molar-refractivity contribution in [3.05, 3.63) is 0 Å². The summed E-state index contributed by atoms with van der Waals surface area (Å²) in [6, 6.07) is -1.84. The second-order valence-electron chi connectivity index (χ2n) is 14.0. The van der Waals surface area contributed by atoms with E-state index in [0.717, 1.165) is 6.42 Å². The van der Waals surface area contributed by atoms with Crippen molar-refractivity contribution in [1.82, 2.24) is 10.2 Å². The van der Waals surface area contributed by atoms with Gasteiger partial charge >= 0.3 is 32.3 Å². The molecule has 8 N–H and O–H groups in total. The fourth-order valence-corrected chi connectivity index (χ4v) is 5.85. The Hall–Kier alpha value is -1.94. The van der Waals surface area contributed by atoms with Crippen LogP contribution in [0.5, 0.6) is 0 Å². The summed E-state index contributed by atoms with van der Waals surface area (Å²) in [4.78, 5) is 37.3. The molecule has 0 bridgehead atoms. The number of hydrogen-bond acceptors (Lipinski definition) is 12. The fourth-order valence-electron chi connectivity index (χ4n) is 5.85. The quantitative estimate of drug-likeness (QED) is 0.146. The second-order valence-corrected chi connectivity index (χ2v) is 14.0. The molecule has 3 rings (SSSR count). The highest BCUT2D eigenvalue weighted by Crippen LogP contribution is 2.39. The molecule has 3 heterocycles. The number of methoxy groups -OCH3 is 1. The van der Waals surface area contributed by atoms with Crippen molar-refractivity contribution < 1.29 is 48.3 Å². The minimum absolute atomic E-state index is 0.124. The van der Waals surface area contributed by atoms with Gasteiger partial charge in [0.2, 0.25) is 0 Å². The molecule has 0 spiro atoms. The lowest BCUT2D eigenvalue weighted by Crippen LogP contribution is -2.46. The molecule has 44 heavy (non-hydrogen) atoms. The molecule has 252 valence electrons. The molecule has 6 atom stereocenters. The molecule has 0 aliphatic carbocycles. The van der Waals surface area contributed by atoms with E-state index in [1.165, 1.54) is 12.0 Å². The van der Waals surface area contributed by atoms with Crippen molar-refractivity contribution in [3.8, 4) is 0 Å². The number of carbonyl (C=O) groups is 3. The first-order valence-electron chi connectivity index (χ1n) is 15.5. The van der Waals surface area contributed by atoms with E-state index in [-0.39, 0.29) is 55.1 Å². The minimum atomic E-state index is -1.32. The van der Waals surface area contributed by atoms with Crippen molar-refractivity contribution in [1.29, 1.82) is 0 Å². The lowest BCUT2D eigenvalue weighted by Gasteiger charge is -2.32. The molecule has 16 heteroatoms. The summed E-state index contributed by atoms with van der Waals surface area (Å²) >= 11 is 0. The second kappa shape index (κ2) is 15.6. The lowest BCUT2D eigenvalue weighted by molar-refractivity contribution is -0.147. The van der Waals surface area contributed by atoms with Gasteiger partial charge in [-0.15, -0.1) is 0 Å². The molecule has 14 nitrogen and oxygen atoms in total. The van der Waals surface area contributed by atoms with E-state index in [0.29, 0.717) is 32.1 Å². The first-order valence-corrected chi connectivity index (χ1v) is 15.5. The minimum Gasteiger partial charge on any atom is -0.480 e. The largest absolute Gasteiger partial charge is 0.480 e. The predicted molar refractivity (Wildman–Crippen MR) is 165 cm³/mol. The number of carboxylic acid groups (broad SMARTS) is 1. The molecule has 0 saturated carbocycles. The molecule has 3 aliphatic rings. The topological polar surface area (TPSA) is 216 Å². The van der Waals surface area contributed by atoms with Crippen LogP contribution in [0.15, 0.2) is 0 Å². The van der Waals surface area contributed by atoms with Crippen LogP contribution in [0, 0.1) is 11.8 Å². The maximum atomic E-state index is 12.6. The SMILES string of the molecule is COC(=O)[C@@H]1[C@H](CCCB2OC(C)(C)C(C)(C)O2)[C@@H](N)CN1C(=O)OC(C)(C)C.N[C@H]1CN[C@H](C(=O)O)[C@@H]1CCCB(O)O. The molecular formula is C28H54B2N4O10. The van der Waals surface area contributed by atoms with Crippen LogP contribution in [0.1, 0.15) is 74.1 Å². The van der Waals surface area contributed by atoms with Crippen LogP contribution in [-0.4, -0.2) is 113 Å². The number of rotatable bonds is 10. The van der Waals surface area contributed by atoms with Crippen LogP contribution in [0.2, 0.25) is 12.6 Å². The zero-order chi connectivity index (χ0) is 33.6. The molecule has 3 saturated heterocycles. The number of esters is 1. The van der Waals surface area contributed by atoms with Gasteiger partial charge in [-0.25, -0.2) is 9.59 Å². The Balaban J connectivity index is 0.000000378. The normalized spacial score (nSPS) is 29.2. The third-order valence-electron chi connectivity index (χ3n) is 8.87. The number of hydrogen-bond donors (Lipinski definition) is 6. The van der Waals surface area contributed by atoms with Crippen molar-refractivity contribution in [2.45, 2.75) is 128 Å². The van der Waals surface area contributed by atoms with Gasteiger partial charge in [0, 0.05) is 37.0 Å². The lowest BCUT2D eigenvalue weighted by atomic mass is 9.79. The Morgan fingerprint density at radius 1 is 1.02 bits per heavy atom. The van der Waals surface area contributed by atoms with E-state index in [2.05, 4.69) is 5.32 Å². The third kappa shape index (κ3) is 10.3. The van der Waals surface area contributed by atoms with Crippen LogP contribution in [0.4, 0.5) is 4.79 Å². The van der Waals surface area contributed by atoms with Crippen LogP contribution < -0.4 is 16.8 Å². The summed E-state index contributed by atoms with van der Waals surface area (Å²) in [7, 11) is -0.295. The summed E-state index contributed by atoms with van der Waals surface area (Å²) in [5.41, 5.74) is 10.7. The van der Waals surface area contributed by atoms with E-state index in [9.17, 15) is 14.4 Å². The molecule has 0 aromatic carbocycles. The van der Waals surface area contributed by atoms with Gasteiger partial charge in [0.25, 0.3) is 0 Å². The van der Waals surface area contributed by atoms with Gasteiger partial charge < -0.3 is 50.7 Å². The Morgan fingerprint density at radius 3 is 2.09 bits per heavy atom. The van der Waals surface area contributed by atoms with Crippen molar-refractivity contribution in [3.63, 3.8) is 0 Å². The third-order valence-corrected chi connectivity index (χ3v) is 8.87. The number of carboxylic acids is 1. The average molecular weight is 628 g/mol. The maximum Gasteiger partial charge on any atom is 0.457 e. The Morgan fingerprint density at radius 2 is 1.59 bits per heavy atom. The van der Waals surface area contributed by atoms with Crippen LogP contribution >= 0.6 is 0 Å². The number of aliphatic carboxylic acids is 1. The first kappa shape index (κ1) is 38.2. The zero-order valence-corrected chi connectivity index (χ0v) is 27.6. The van der Waals surface area contributed by atoms with E-state index in [1.54, 1.807) is 20.8 Å². The van der Waals surface area contributed by atoms with E-state index < -0.39 is 42.8 Å². The Labute approximate surface area is 262 Å². The molecule has 0 radical (unpaired) electrons. The van der Waals surface area contributed by atoms with Gasteiger partial charge in [-0.2, -0.15) is 0 Å². The van der Waals surface area contributed by atoms with Gasteiger partial charge in [-0.05, 0) is 73.9 Å². The van der Waals surface area contributed by atoms with E-state index in [4.69, 9.17) is 45.4 Å². The van der Waals surface area contributed by atoms with Crippen LogP contribution in [0.3, 0.4) is 0 Å². The summed E-state index contributed by atoms with van der Waals surface area (Å²) in [6.07, 6.45) is 2.99. The van der Waals surface area contributed by atoms with Crippen LogP contribution in [-0.2, 0) is 28.4 Å². The number of likely N-dealkylation sites (tertiary alicyclic amines) is 1. The zero-order valence-electron chi connectivity index (χ0n) is 27.6. The van der Waals surface area contributed by atoms with E-state index >= 15 is 0 Å². The monoisotopic (exact) mass is 628 g/mol. The van der Waals surface area contributed by atoms with Crippen molar-refractivity contribution >= 4 is 32.3 Å². The van der Waals surface area contributed by atoms with Crippen molar-refractivity contribution in [2.75, 3.05) is 20.2 Å². The highest BCUT2D eigenvalue weighted by atomic mass is 16.7. The first-order chi connectivity index (χ1) is 20.2. The number of nitrogens with one attached hydrogen (secondary N) is 1. The van der Waals surface area contributed by atoms with Crippen LogP contribution in [0.25, 0.3) is 0 Å². The molecular weight excluding hydrogens is 574 g/mol. The number of nitrogens with zero attached hydrogens (tertiary/aromatic N) is 1. The van der Waals surface area contributed by atoms with Gasteiger partial charge in [0.05, 0.1) is 18.3 Å². The van der Waals surface area contributed by atoms with Gasteiger partial charge in [0.15, 0.2) is 0 Å². The number of carbonyl (C=O) groups excluding carboxylic acids is 2. The highest BCUT2D eigenvalue weighted by molar-refractivity contribution is 6.45. The van der Waals surface area contributed by atoms with Gasteiger partial charge in [-0.1, -0.05) is 12.8 Å². The van der Waals surface area contributed by atoms with Gasteiger partial charge in [0.1, 0.15) is 17.7 Å². The predicted octanol–water partition coefficient (Wildman–Crippen LogP) is 0.834. The fraction of sp³-hybridized carbons (Fsp3) is 0.893. The molecule has 0 aromatic rings. The Kier molecular flexibility index (Phi) is 13.5. The molecule has 3 fully saturated rings. The standard InChI is InChI=1S/C20H37BN2O6.C8H17BN2O4/c1-18(2,3)27-17(25)23-12-14(22)13(15(23)16(24)26-8)10-9-11-21-28-19(4,5)20(6,7)29-21;10-6-4-11-7(8(12)13)5(6)2-1-3-9(14)15/h13-15H,9-12,22H2,1-8H3;5-7,11,14-15H,1-4,10H2,(H,12,13)/t13-,14+,15+;5-,6+,7+/m11/s1. The summed E-state index contributed by atoms with van der Waals surface area (Å²) in [5.74, 6) is -1.69. The average Bonchev–Trinajstić information content (AvgIpc) is 3.48. The van der Waals surface area contributed by atoms with E-state index in [1.807, 2.05) is 27.7 Å². The Bertz CT molecular complexity index is 965. The molecule has 1 amide bonds. The maximum absolute atomic E-state index is 12.6. The number of ether oxygens (including phenoxy) is 2. The molecule has 0 aromatic heterocycles. The summed E-state index contributed by atoms with van der Waals surface area (Å²) in [5, 5.41) is 29.1. The molecule has 3 aliphatic heterocycles. The summed E-state index contributed by atoms with van der Waals surface area (Å²) in [6.45, 7) is 14.2. The number of nitrogens with two attached hydrogens (primary N) is 2. The van der Waals surface area contributed by atoms with Gasteiger partial charge in [-0.3, -0.25) is 9.69 Å². The molecule has 0 unspecified atom stereocenters. The summed E-state index contributed by atoms with van der Waals surface area (Å²) < 4.78 is 22.5. The van der Waals surface area contributed by atoms with Crippen molar-refractivity contribution in [2.24, 2.45) is 23.3 Å². The smallest absolute Gasteiger partial charge is 0.457 e.